The van der Waals surface area contributed by atoms with Gasteiger partial charge in [-0.2, -0.15) is 0 Å². The maximum Gasteiger partial charge on any atom is 0.135 e. The van der Waals surface area contributed by atoms with Crippen molar-refractivity contribution in [3.63, 3.8) is 0 Å². The maximum atomic E-state index is 3.78. The Kier molecular flexibility index (Phi) is 7.77. The summed E-state index contributed by atoms with van der Waals surface area (Å²) >= 11 is 0. The third-order valence-electron chi connectivity index (χ3n) is 8.10. The van der Waals surface area contributed by atoms with Gasteiger partial charge in [-0.3, -0.25) is 0 Å². The fraction of sp³-hybridized carbons (Fsp3) is 0.200. The summed E-state index contributed by atoms with van der Waals surface area (Å²) in [5.41, 5.74) is 14.6. The first-order valence-corrected chi connectivity index (χ1v) is 17.4. The molecule has 1 aliphatic rings. The summed E-state index contributed by atoms with van der Waals surface area (Å²) in [6, 6.07) is 30.5. The van der Waals surface area contributed by atoms with Crippen LogP contribution in [-0.4, -0.2) is 8.07 Å². The molecular weight excluding hydrogens is 509 g/mol. The van der Waals surface area contributed by atoms with E-state index in [2.05, 4.69) is 163 Å². The van der Waals surface area contributed by atoms with E-state index in [-0.39, 0.29) is 0 Å². The first kappa shape index (κ1) is 28.2. The Bertz CT molecular complexity index is 1660. The molecule has 0 saturated heterocycles. The fourth-order valence-electron chi connectivity index (χ4n) is 6.23. The van der Waals surface area contributed by atoms with E-state index in [4.69, 9.17) is 0 Å². The highest BCUT2D eigenvalue weighted by molar-refractivity contribution is 6.96. The van der Waals surface area contributed by atoms with Gasteiger partial charge in [0.25, 0.3) is 0 Å². The molecule has 0 spiro atoms. The number of benzene rings is 4. The highest BCUT2D eigenvalue weighted by Crippen LogP contribution is 2.48. The number of hydrogen-bond donors (Lipinski definition) is 0. The van der Waals surface area contributed by atoms with Crippen LogP contribution in [0, 0.1) is 65.2 Å². The first-order chi connectivity index (χ1) is 19.6. The zero-order valence-corrected chi connectivity index (χ0v) is 26.6. The van der Waals surface area contributed by atoms with Crippen LogP contribution in [0.3, 0.4) is 0 Å². The van der Waals surface area contributed by atoms with E-state index < -0.39 is 8.07 Å². The Labute approximate surface area is 247 Å². The lowest BCUT2D eigenvalue weighted by molar-refractivity contribution is 1.30. The van der Waals surface area contributed by atoms with E-state index in [1.165, 1.54) is 66.0 Å². The van der Waals surface area contributed by atoms with Crippen LogP contribution >= 0.6 is 0 Å². The van der Waals surface area contributed by atoms with Crippen molar-refractivity contribution in [1.82, 2.24) is 0 Å². The molecule has 41 heavy (non-hydrogen) atoms. The molecule has 1 aliphatic heterocycles. The van der Waals surface area contributed by atoms with Gasteiger partial charge in [0, 0.05) is 21.5 Å². The van der Waals surface area contributed by atoms with Gasteiger partial charge in [-0.25, -0.2) is 0 Å². The summed E-state index contributed by atoms with van der Waals surface area (Å²) in [6.45, 7) is 17.8. The molecule has 0 saturated carbocycles. The van der Waals surface area contributed by atoms with E-state index in [0.717, 1.165) is 11.1 Å². The van der Waals surface area contributed by atoms with Crippen molar-refractivity contribution in [1.29, 1.82) is 0 Å². The van der Waals surface area contributed by atoms with Crippen molar-refractivity contribution in [2.75, 3.05) is 0 Å². The molecule has 4 aromatic rings. The van der Waals surface area contributed by atoms with Crippen molar-refractivity contribution in [3.05, 3.63) is 151 Å². The number of rotatable bonds is 2. The predicted octanol–water partition coefficient (Wildman–Crippen LogP) is 9.65. The second-order valence-electron chi connectivity index (χ2n) is 11.9. The average Bonchev–Trinajstić information content (AvgIpc) is 3.14. The van der Waals surface area contributed by atoms with Gasteiger partial charge in [0.2, 0.25) is 0 Å². The molecule has 0 amide bonds. The van der Waals surface area contributed by atoms with E-state index in [1.807, 2.05) is 0 Å². The summed E-state index contributed by atoms with van der Waals surface area (Å²) in [5, 5.41) is 2.51. The van der Waals surface area contributed by atoms with Gasteiger partial charge in [0.15, 0.2) is 0 Å². The summed E-state index contributed by atoms with van der Waals surface area (Å²) in [5.74, 6) is 14.9. The van der Waals surface area contributed by atoms with Crippen molar-refractivity contribution in [2.24, 2.45) is 0 Å². The monoisotopic (exact) mass is 546 g/mol. The number of aryl methyl sites for hydroxylation is 6. The van der Waals surface area contributed by atoms with Crippen molar-refractivity contribution in [2.45, 2.75) is 54.6 Å². The van der Waals surface area contributed by atoms with Crippen molar-refractivity contribution < 1.29 is 0 Å². The molecule has 202 valence electrons. The highest BCUT2D eigenvalue weighted by Gasteiger charge is 2.41. The minimum atomic E-state index is -2.28. The van der Waals surface area contributed by atoms with Crippen LogP contribution in [0.1, 0.15) is 55.6 Å². The van der Waals surface area contributed by atoms with Crippen LogP contribution in [-0.2, 0) is 0 Å². The van der Waals surface area contributed by atoms with Crippen LogP contribution in [0.4, 0.5) is 0 Å². The highest BCUT2D eigenvalue weighted by atomic mass is 28.3. The van der Waals surface area contributed by atoms with Gasteiger partial charge >= 0.3 is 0 Å². The van der Waals surface area contributed by atoms with Gasteiger partial charge in [-0.05, 0) is 86.1 Å². The molecule has 0 nitrogen and oxygen atoms in total. The van der Waals surface area contributed by atoms with Crippen LogP contribution in [0.25, 0.3) is 11.1 Å². The molecule has 4 aromatic carbocycles. The minimum Gasteiger partial charge on any atom is -0.0696 e. The fourth-order valence-corrected chi connectivity index (χ4v) is 9.02. The summed E-state index contributed by atoms with van der Waals surface area (Å²) in [4.78, 5) is 0. The molecule has 0 N–H and O–H groups in total. The quantitative estimate of drug-likeness (QED) is 0.173. The van der Waals surface area contributed by atoms with Crippen LogP contribution in [0.5, 0.6) is 0 Å². The molecular formula is C40H38Si. The second kappa shape index (κ2) is 11.3. The Hall–Kier alpha value is -4.30. The molecule has 0 aromatic heterocycles. The van der Waals surface area contributed by atoms with E-state index in [9.17, 15) is 0 Å². The molecule has 0 aliphatic carbocycles. The Morgan fingerprint density at radius 1 is 0.439 bits per heavy atom. The predicted molar refractivity (Wildman–Crippen MR) is 179 cm³/mol. The largest absolute Gasteiger partial charge is 0.135 e. The summed E-state index contributed by atoms with van der Waals surface area (Å²) in [6.07, 6.45) is 0. The normalized spacial score (nSPS) is 14.0. The molecule has 0 atom stereocenters. The van der Waals surface area contributed by atoms with Gasteiger partial charge in [-0.1, -0.05) is 133 Å². The second-order valence-corrected chi connectivity index (χ2v) is 16.2. The summed E-state index contributed by atoms with van der Waals surface area (Å²) < 4.78 is 0. The number of hydrogen-bond acceptors (Lipinski definition) is 0. The van der Waals surface area contributed by atoms with Crippen LogP contribution in [0.15, 0.2) is 95.3 Å². The minimum absolute atomic E-state index is 1.13. The Morgan fingerprint density at radius 3 is 1.07 bits per heavy atom. The van der Waals surface area contributed by atoms with Gasteiger partial charge < -0.3 is 0 Å². The summed E-state index contributed by atoms with van der Waals surface area (Å²) in [7, 11) is -2.28. The molecule has 0 radical (unpaired) electrons. The molecule has 1 heterocycles. The Morgan fingerprint density at radius 2 is 0.756 bits per heavy atom. The molecule has 5 rings (SSSR count). The number of allylic oxidation sites excluding steroid dienone is 4. The third kappa shape index (κ3) is 5.52. The maximum absolute atomic E-state index is 3.78. The van der Waals surface area contributed by atoms with E-state index in [0.29, 0.717) is 0 Å². The van der Waals surface area contributed by atoms with Gasteiger partial charge in [-0.15, -0.1) is 0 Å². The zero-order valence-electron chi connectivity index (χ0n) is 25.6. The molecule has 0 fully saturated rings. The lowest BCUT2D eigenvalue weighted by Crippen LogP contribution is -2.29. The third-order valence-corrected chi connectivity index (χ3v) is 11.4. The average molecular weight is 547 g/mol. The lowest BCUT2D eigenvalue weighted by atomic mass is 9.91. The van der Waals surface area contributed by atoms with Crippen molar-refractivity contribution >= 4 is 19.2 Å². The zero-order chi connectivity index (χ0) is 29.3. The Balaban J connectivity index is 1.81. The van der Waals surface area contributed by atoms with Gasteiger partial charge in [0.05, 0.1) is 0 Å². The van der Waals surface area contributed by atoms with E-state index in [1.54, 1.807) is 0 Å². The topological polar surface area (TPSA) is 0 Å². The van der Waals surface area contributed by atoms with Crippen molar-refractivity contribution in [3.8, 4) is 23.7 Å². The van der Waals surface area contributed by atoms with Crippen LogP contribution < -0.4 is 0 Å². The van der Waals surface area contributed by atoms with E-state index >= 15 is 0 Å². The first-order valence-electron chi connectivity index (χ1n) is 14.4. The SMILES string of the molecule is Cc1cc(C)c(C#CC2=C(c3ccccc3)C(c3ccccc3)=C(C#Cc3c(C)cc(C)cc3C)[Si]2(C)C)c(C)c1. The van der Waals surface area contributed by atoms with Gasteiger partial charge in [0.1, 0.15) is 8.07 Å². The lowest BCUT2D eigenvalue weighted by Gasteiger charge is -2.19. The molecule has 0 unspecified atom stereocenters. The smallest absolute Gasteiger partial charge is 0.0696 e. The van der Waals surface area contributed by atoms with Crippen LogP contribution in [0.2, 0.25) is 13.1 Å². The standard InChI is InChI=1S/C40H38Si/c1-27-23-29(3)35(30(4)24-27)19-21-37-39(33-15-11-9-12-16-33)40(34-17-13-10-14-18-34)38(41(37,7)8)22-20-36-31(5)25-28(2)26-32(36)6/h9-18,23-26H,1-8H3. The molecule has 0 bridgehead atoms. The molecule has 1 heteroatoms.